The average molecular weight is 264 g/mol. The van der Waals surface area contributed by atoms with E-state index in [1.807, 2.05) is 0 Å². The number of rotatable bonds is 6. The second-order valence-corrected chi connectivity index (χ2v) is 3.30. The molecular weight excluding hydrogens is 253 g/mol. The van der Waals surface area contributed by atoms with Gasteiger partial charge in [-0.05, 0) is 12.1 Å². The highest BCUT2D eigenvalue weighted by Gasteiger charge is 2.27. The van der Waals surface area contributed by atoms with Crippen molar-refractivity contribution < 1.29 is 27.8 Å². The normalized spacial score (nSPS) is 11.3. The largest absolute Gasteiger partial charge is 0.478 e. The van der Waals surface area contributed by atoms with Gasteiger partial charge in [-0.3, -0.25) is 0 Å². The number of aromatic carboxylic acids is 1. The van der Waals surface area contributed by atoms with Crippen molar-refractivity contribution in [3.63, 3.8) is 0 Å². The van der Waals surface area contributed by atoms with E-state index in [9.17, 15) is 18.0 Å². The molecule has 1 heterocycles. The number of aromatic nitrogens is 1. The van der Waals surface area contributed by atoms with Gasteiger partial charge in [0.1, 0.15) is 18.0 Å². The van der Waals surface area contributed by atoms with Crippen molar-refractivity contribution in [2.75, 3.05) is 25.1 Å². The number of hydrogen-bond donors (Lipinski definition) is 2. The van der Waals surface area contributed by atoms with E-state index in [2.05, 4.69) is 15.0 Å². The Labute approximate surface area is 101 Å². The summed E-state index contributed by atoms with van der Waals surface area (Å²) in [6.07, 6.45) is -2.98. The third-order valence-corrected chi connectivity index (χ3v) is 1.84. The lowest BCUT2D eigenvalue weighted by Gasteiger charge is -2.10. The number of nitrogens with one attached hydrogen (secondary N) is 1. The fourth-order valence-corrected chi connectivity index (χ4v) is 1.15. The smallest absolute Gasteiger partial charge is 0.411 e. The van der Waals surface area contributed by atoms with Crippen LogP contribution in [0.25, 0.3) is 0 Å². The van der Waals surface area contributed by atoms with Crippen molar-refractivity contribution in [1.82, 2.24) is 4.98 Å². The summed E-state index contributed by atoms with van der Waals surface area (Å²) >= 11 is 0. The van der Waals surface area contributed by atoms with Gasteiger partial charge in [0, 0.05) is 12.7 Å². The third-order valence-electron chi connectivity index (χ3n) is 1.84. The average Bonchev–Trinajstić information content (AvgIpc) is 2.27. The van der Waals surface area contributed by atoms with E-state index in [1.54, 1.807) is 0 Å². The topological polar surface area (TPSA) is 71.5 Å². The van der Waals surface area contributed by atoms with E-state index >= 15 is 0 Å². The number of carbonyl (C=O) groups is 1. The maximum absolute atomic E-state index is 11.7. The molecule has 0 atom stereocenters. The molecule has 0 bridgehead atoms. The van der Waals surface area contributed by atoms with Crippen LogP contribution in [-0.4, -0.2) is 42.0 Å². The Hall–Kier alpha value is -1.83. The lowest BCUT2D eigenvalue weighted by atomic mass is 10.2. The molecule has 1 aromatic rings. The van der Waals surface area contributed by atoms with Gasteiger partial charge in [-0.25, -0.2) is 9.78 Å². The van der Waals surface area contributed by atoms with E-state index in [4.69, 9.17) is 5.11 Å². The molecule has 1 aromatic heterocycles. The lowest BCUT2D eigenvalue weighted by molar-refractivity contribution is -0.172. The molecular formula is C10H11F3N2O3. The molecule has 5 nitrogen and oxygen atoms in total. The van der Waals surface area contributed by atoms with Crippen molar-refractivity contribution in [1.29, 1.82) is 0 Å². The zero-order valence-corrected chi connectivity index (χ0v) is 9.20. The number of alkyl halides is 3. The number of nitrogens with zero attached hydrogens (tertiary/aromatic N) is 1. The predicted molar refractivity (Wildman–Crippen MR) is 56.6 cm³/mol. The highest BCUT2D eigenvalue weighted by molar-refractivity contribution is 5.92. The maximum Gasteiger partial charge on any atom is 0.411 e. The highest BCUT2D eigenvalue weighted by atomic mass is 19.4. The Balaban J connectivity index is 2.38. The van der Waals surface area contributed by atoms with Crippen LogP contribution in [0.3, 0.4) is 0 Å². The molecule has 0 aliphatic rings. The first-order valence-electron chi connectivity index (χ1n) is 4.97. The molecule has 2 N–H and O–H groups in total. The Bertz CT molecular complexity index is 410. The third kappa shape index (κ3) is 5.00. The Morgan fingerprint density at radius 2 is 2.22 bits per heavy atom. The molecule has 0 aliphatic heterocycles. The van der Waals surface area contributed by atoms with Gasteiger partial charge < -0.3 is 15.2 Å². The minimum absolute atomic E-state index is 0.0351. The minimum Gasteiger partial charge on any atom is -0.478 e. The minimum atomic E-state index is -4.36. The molecule has 0 radical (unpaired) electrons. The van der Waals surface area contributed by atoms with E-state index < -0.39 is 18.8 Å². The van der Waals surface area contributed by atoms with Crippen LogP contribution in [0.15, 0.2) is 18.3 Å². The molecule has 0 unspecified atom stereocenters. The first kappa shape index (κ1) is 14.2. The van der Waals surface area contributed by atoms with Gasteiger partial charge in [0.2, 0.25) is 0 Å². The van der Waals surface area contributed by atoms with Crippen LogP contribution in [0.5, 0.6) is 0 Å². The van der Waals surface area contributed by atoms with E-state index in [-0.39, 0.29) is 24.5 Å². The number of ether oxygens (including phenoxy) is 1. The summed E-state index contributed by atoms with van der Waals surface area (Å²) in [5, 5.41) is 11.4. The van der Waals surface area contributed by atoms with Crippen molar-refractivity contribution >= 4 is 11.8 Å². The van der Waals surface area contributed by atoms with Gasteiger partial charge in [0.25, 0.3) is 0 Å². The molecule has 0 aromatic carbocycles. The molecule has 0 saturated carbocycles. The summed E-state index contributed by atoms with van der Waals surface area (Å²) in [6, 6.07) is 2.79. The molecule has 0 fully saturated rings. The van der Waals surface area contributed by atoms with Crippen LogP contribution >= 0.6 is 0 Å². The summed E-state index contributed by atoms with van der Waals surface area (Å²) in [5.74, 6) is -1.07. The number of anilines is 1. The number of halogens is 3. The first-order valence-corrected chi connectivity index (χ1v) is 4.97. The van der Waals surface area contributed by atoms with Crippen LogP contribution in [0.4, 0.5) is 19.0 Å². The Morgan fingerprint density at radius 1 is 1.50 bits per heavy atom. The quantitative estimate of drug-likeness (QED) is 0.766. The SMILES string of the molecule is O=C(O)c1cccnc1NCCOCC(F)(F)F. The van der Waals surface area contributed by atoms with Crippen LogP contribution in [0.1, 0.15) is 10.4 Å². The van der Waals surface area contributed by atoms with E-state index in [1.165, 1.54) is 18.3 Å². The summed E-state index contributed by atoms with van der Waals surface area (Å²) in [5.41, 5.74) is -0.0479. The molecule has 0 saturated heterocycles. The van der Waals surface area contributed by atoms with Gasteiger partial charge in [0.05, 0.1) is 6.61 Å². The zero-order valence-electron chi connectivity index (χ0n) is 9.20. The van der Waals surface area contributed by atoms with Crippen molar-refractivity contribution in [2.24, 2.45) is 0 Å². The highest BCUT2D eigenvalue weighted by Crippen LogP contribution is 2.14. The van der Waals surface area contributed by atoms with E-state index in [0.29, 0.717) is 0 Å². The number of carboxylic acids is 1. The number of pyridine rings is 1. The maximum atomic E-state index is 11.7. The fraction of sp³-hybridized carbons (Fsp3) is 0.400. The van der Waals surface area contributed by atoms with Crippen molar-refractivity contribution in [2.45, 2.75) is 6.18 Å². The molecule has 18 heavy (non-hydrogen) atoms. The monoisotopic (exact) mass is 264 g/mol. The fourth-order valence-electron chi connectivity index (χ4n) is 1.15. The Kier molecular flexibility index (Phi) is 4.90. The molecule has 0 amide bonds. The van der Waals surface area contributed by atoms with Crippen LogP contribution in [-0.2, 0) is 4.74 Å². The first-order chi connectivity index (χ1) is 8.40. The zero-order chi connectivity index (χ0) is 13.6. The second-order valence-electron chi connectivity index (χ2n) is 3.30. The molecule has 100 valence electrons. The molecule has 0 aliphatic carbocycles. The molecule has 1 rings (SSSR count). The van der Waals surface area contributed by atoms with Gasteiger partial charge in [0.15, 0.2) is 0 Å². The summed E-state index contributed by atoms with van der Waals surface area (Å²) < 4.78 is 39.6. The number of hydrogen-bond acceptors (Lipinski definition) is 4. The van der Waals surface area contributed by atoms with Gasteiger partial charge in [-0.2, -0.15) is 13.2 Å². The van der Waals surface area contributed by atoms with E-state index in [0.717, 1.165) is 0 Å². The molecule has 8 heteroatoms. The van der Waals surface area contributed by atoms with Crippen molar-refractivity contribution in [3.8, 4) is 0 Å². The summed E-state index contributed by atoms with van der Waals surface area (Å²) in [7, 11) is 0. The standard InChI is InChI=1S/C10H11F3N2O3/c11-10(12,13)6-18-5-4-15-8-7(9(16)17)2-1-3-14-8/h1-3H,4-6H2,(H,14,15)(H,16,17). The second kappa shape index (κ2) is 6.20. The van der Waals surface area contributed by atoms with Gasteiger partial charge in [-0.1, -0.05) is 0 Å². The van der Waals surface area contributed by atoms with Crippen molar-refractivity contribution in [3.05, 3.63) is 23.9 Å². The van der Waals surface area contributed by atoms with Gasteiger partial charge >= 0.3 is 12.1 Å². The Morgan fingerprint density at radius 3 is 2.83 bits per heavy atom. The van der Waals surface area contributed by atoms with Crippen LogP contribution in [0, 0.1) is 0 Å². The van der Waals surface area contributed by atoms with Crippen LogP contribution in [0.2, 0.25) is 0 Å². The predicted octanol–water partition coefficient (Wildman–Crippen LogP) is 1.77. The summed E-state index contributed by atoms with van der Waals surface area (Å²) in [4.78, 5) is 14.6. The lowest BCUT2D eigenvalue weighted by Crippen LogP contribution is -2.20. The molecule has 0 spiro atoms. The van der Waals surface area contributed by atoms with Crippen LogP contribution < -0.4 is 5.32 Å². The number of carboxylic acid groups (broad SMARTS) is 1. The van der Waals surface area contributed by atoms with Gasteiger partial charge in [-0.15, -0.1) is 0 Å². The summed E-state index contributed by atoms with van der Waals surface area (Å²) in [6.45, 7) is -1.49.